The molecule has 1 nitrogen and oxygen atoms in total. The van der Waals surface area contributed by atoms with E-state index in [1.54, 1.807) is 0 Å². The Morgan fingerprint density at radius 3 is 2.91 bits per heavy atom. The first-order valence-electron chi connectivity index (χ1n) is 4.20. The third-order valence-electron chi connectivity index (χ3n) is 2.34. The Labute approximate surface area is 68.4 Å². The minimum atomic E-state index is 0.294. The molecule has 0 amide bonds. The fourth-order valence-corrected chi connectivity index (χ4v) is 1.30. The van der Waals surface area contributed by atoms with Crippen molar-refractivity contribution in [2.45, 2.75) is 20.3 Å². The Kier molecular flexibility index (Phi) is 2.89. The van der Waals surface area contributed by atoms with Gasteiger partial charge in [-0.2, -0.15) is 0 Å². The van der Waals surface area contributed by atoms with Crippen LogP contribution in [-0.2, 0) is 0 Å². The molecule has 1 N–H and O–H groups in total. The highest BCUT2D eigenvalue weighted by molar-refractivity contribution is 5.21. The molecule has 0 radical (unpaired) electrons. The van der Waals surface area contributed by atoms with Gasteiger partial charge in [0, 0.05) is 6.61 Å². The Hall–Kier alpha value is -0.560. The van der Waals surface area contributed by atoms with Crippen molar-refractivity contribution in [1.82, 2.24) is 0 Å². The highest BCUT2D eigenvalue weighted by Gasteiger charge is 2.13. The van der Waals surface area contributed by atoms with Gasteiger partial charge in [-0.25, -0.2) is 0 Å². The molecule has 0 saturated carbocycles. The van der Waals surface area contributed by atoms with Gasteiger partial charge in [-0.05, 0) is 25.2 Å². The third kappa shape index (κ3) is 2.19. The summed E-state index contributed by atoms with van der Waals surface area (Å²) in [5.41, 5.74) is 1.34. The summed E-state index contributed by atoms with van der Waals surface area (Å²) < 4.78 is 0. The zero-order chi connectivity index (χ0) is 8.27. The summed E-state index contributed by atoms with van der Waals surface area (Å²) in [5, 5.41) is 8.90. The summed E-state index contributed by atoms with van der Waals surface area (Å²) in [7, 11) is 0. The summed E-state index contributed by atoms with van der Waals surface area (Å²) >= 11 is 0. The Morgan fingerprint density at radius 2 is 2.45 bits per heavy atom. The third-order valence-corrected chi connectivity index (χ3v) is 2.34. The molecule has 0 bridgehead atoms. The molecule has 2 atom stereocenters. The van der Waals surface area contributed by atoms with E-state index in [9.17, 15) is 0 Å². The van der Waals surface area contributed by atoms with Crippen LogP contribution in [0.1, 0.15) is 20.3 Å². The number of rotatable bonds is 2. The summed E-state index contributed by atoms with van der Waals surface area (Å²) in [4.78, 5) is 0. The molecule has 11 heavy (non-hydrogen) atoms. The van der Waals surface area contributed by atoms with E-state index < -0.39 is 0 Å². The molecule has 1 aliphatic carbocycles. The molecular weight excluding hydrogens is 136 g/mol. The zero-order valence-corrected chi connectivity index (χ0v) is 7.25. The average Bonchev–Trinajstić information content (AvgIpc) is 2.05. The van der Waals surface area contributed by atoms with Gasteiger partial charge in [0.05, 0.1) is 0 Å². The summed E-state index contributed by atoms with van der Waals surface area (Å²) in [6, 6.07) is 0. The minimum absolute atomic E-state index is 0.294. The van der Waals surface area contributed by atoms with E-state index in [0.717, 1.165) is 6.42 Å². The quantitative estimate of drug-likeness (QED) is 0.642. The fourth-order valence-electron chi connectivity index (χ4n) is 1.30. The number of aliphatic hydroxyl groups is 1. The molecule has 62 valence electrons. The van der Waals surface area contributed by atoms with E-state index in [-0.39, 0.29) is 0 Å². The molecule has 0 aromatic heterocycles. The molecule has 0 spiro atoms. The van der Waals surface area contributed by atoms with E-state index in [2.05, 4.69) is 32.1 Å². The summed E-state index contributed by atoms with van der Waals surface area (Å²) in [6.07, 6.45) is 7.66. The van der Waals surface area contributed by atoms with Crippen molar-refractivity contribution in [3.05, 3.63) is 23.8 Å². The van der Waals surface area contributed by atoms with E-state index in [4.69, 9.17) is 5.11 Å². The second-order valence-corrected chi connectivity index (χ2v) is 3.37. The van der Waals surface area contributed by atoms with E-state index in [0.29, 0.717) is 18.4 Å². The first-order chi connectivity index (χ1) is 5.24. The predicted octanol–water partition coefficient (Wildman–Crippen LogP) is 2.14. The summed E-state index contributed by atoms with van der Waals surface area (Å²) in [6.45, 7) is 4.49. The molecule has 1 rings (SSSR count). The molecule has 1 heteroatoms. The van der Waals surface area contributed by atoms with Crippen molar-refractivity contribution in [3.63, 3.8) is 0 Å². The van der Waals surface area contributed by atoms with Crippen molar-refractivity contribution in [3.8, 4) is 0 Å². The molecule has 0 aromatic rings. The van der Waals surface area contributed by atoms with Crippen LogP contribution in [0.2, 0.25) is 0 Å². The second-order valence-electron chi connectivity index (χ2n) is 3.37. The Balaban J connectivity index is 2.48. The first-order valence-corrected chi connectivity index (χ1v) is 4.20. The number of aliphatic hydroxyl groups excluding tert-OH is 1. The molecule has 0 heterocycles. The Morgan fingerprint density at radius 1 is 1.73 bits per heavy atom. The lowest BCUT2D eigenvalue weighted by molar-refractivity contribution is 0.206. The monoisotopic (exact) mass is 152 g/mol. The van der Waals surface area contributed by atoms with E-state index >= 15 is 0 Å². The lowest BCUT2D eigenvalue weighted by Crippen LogP contribution is -2.14. The largest absolute Gasteiger partial charge is 0.396 e. The smallest absolute Gasteiger partial charge is 0.0462 e. The maximum Gasteiger partial charge on any atom is 0.0462 e. The van der Waals surface area contributed by atoms with Gasteiger partial charge in [-0.1, -0.05) is 30.7 Å². The van der Waals surface area contributed by atoms with Gasteiger partial charge in [0.25, 0.3) is 0 Å². The van der Waals surface area contributed by atoms with Gasteiger partial charge < -0.3 is 5.11 Å². The maximum absolute atomic E-state index is 8.90. The van der Waals surface area contributed by atoms with Crippen LogP contribution in [0.25, 0.3) is 0 Å². The Bertz CT molecular complexity index is 179. The number of hydrogen-bond acceptors (Lipinski definition) is 1. The van der Waals surface area contributed by atoms with Crippen LogP contribution in [0.4, 0.5) is 0 Å². The van der Waals surface area contributed by atoms with Crippen LogP contribution in [0.15, 0.2) is 23.8 Å². The maximum atomic E-state index is 8.90. The van der Waals surface area contributed by atoms with Gasteiger partial charge >= 0.3 is 0 Å². The molecule has 0 aromatic carbocycles. The standard InChI is InChI=1S/C10H16O/c1-8-3-5-10(6-4-8)9(2)7-11/h3-5,9-11H,6-7H2,1-2H3/t9-,10-/m0/s1. The van der Waals surface area contributed by atoms with Crippen LogP contribution in [0.5, 0.6) is 0 Å². The van der Waals surface area contributed by atoms with Crippen LogP contribution >= 0.6 is 0 Å². The van der Waals surface area contributed by atoms with Crippen molar-refractivity contribution in [2.75, 3.05) is 6.61 Å². The first kappa shape index (κ1) is 8.54. The second kappa shape index (κ2) is 3.72. The molecule has 0 fully saturated rings. The lowest BCUT2D eigenvalue weighted by atomic mass is 9.87. The summed E-state index contributed by atoms with van der Waals surface area (Å²) in [5.74, 6) is 0.944. The number of allylic oxidation sites excluding steroid dienone is 4. The normalized spacial score (nSPS) is 26.5. The van der Waals surface area contributed by atoms with Gasteiger partial charge in [0.15, 0.2) is 0 Å². The van der Waals surface area contributed by atoms with Gasteiger partial charge in [0.1, 0.15) is 0 Å². The van der Waals surface area contributed by atoms with Crippen LogP contribution < -0.4 is 0 Å². The van der Waals surface area contributed by atoms with Gasteiger partial charge in [0.2, 0.25) is 0 Å². The molecule has 1 aliphatic rings. The highest BCUT2D eigenvalue weighted by atomic mass is 16.3. The average molecular weight is 152 g/mol. The molecular formula is C10H16O. The molecule has 0 aliphatic heterocycles. The van der Waals surface area contributed by atoms with Crippen molar-refractivity contribution in [1.29, 1.82) is 0 Å². The van der Waals surface area contributed by atoms with Crippen molar-refractivity contribution < 1.29 is 5.11 Å². The highest BCUT2D eigenvalue weighted by Crippen LogP contribution is 2.22. The van der Waals surface area contributed by atoms with E-state index in [1.165, 1.54) is 5.57 Å². The van der Waals surface area contributed by atoms with Crippen LogP contribution in [-0.4, -0.2) is 11.7 Å². The lowest BCUT2D eigenvalue weighted by Gasteiger charge is -2.19. The molecule has 0 unspecified atom stereocenters. The number of hydrogen-bond donors (Lipinski definition) is 1. The SMILES string of the molecule is CC1=CC[C@@H]([C@@H](C)CO)C=C1. The zero-order valence-electron chi connectivity index (χ0n) is 7.25. The van der Waals surface area contributed by atoms with Crippen molar-refractivity contribution >= 4 is 0 Å². The van der Waals surface area contributed by atoms with Gasteiger partial charge in [-0.3, -0.25) is 0 Å². The fraction of sp³-hybridized carbons (Fsp3) is 0.600. The van der Waals surface area contributed by atoms with Gasteiger partial charge in [-0.15, -0.1) is 0 Å². The van der Waals surface area contributed by atoms with Crippen LogP contribution in [0.3, 0.4) is 0 Å². The topological polar surface area (TPSA) is 20.2 Å². The van der Waals surface area contributed by atoms with E-state index in [1.807, 2.05) is 0 Å². The molecule has 0 saturated heterocycles. The minimum Gasteiger partial charge on any atom is -0.396 e. The van der Waals surface area contributed by atoms with Crippen LogP contribution in [0, 0.1) is 11.8 Å². The van der Waals surface area contributed by atoms with Crippen molar-refractivity contribution in [2.24, 2.45) is 11.8 Å². The predicted molar refractivity (Wildman–Crippen MR) is 47.3 cm³/mol.